The maximum atomic E-state index is 13.9. The first kappa shape index (κ1) is 36.2. The Bertz CT molecular complexity index is 1400. The molecule has 0 fully saturated rings. The fourth-order valence-corrected chi connectivity index (χ4v) is 5.28. The molecule has 12 heteroatoms. The van der Waals surface area contributed by atoms with E-state index in [9.17, 15) is 28.4 Å². The van der Waals surface area contributed by atoms with Crippen LogP contribution >= 0.6 is 11.6 Å². The molecule has 248 valence electrons. The minimum absolute atomic E-state index is 0.124. The van der Waals surface area contributed by atoms with Crippen molar-refractivity contribution in [2.75, 3.05) is 13.7 Å². The zero-order valence-corrected chi connectivity index (χ0v) is 27.1. The molecule has 1 aliphatic rings. The zero-order valence-electron chi connectivity index (χ0n) is 26.3. The van der Waals surface area contributed by atoms with E-state index >= 15 is 0 Å². The lowest BCUT2D eigenvalue weighted by Gasteiger charge is -2.25. The van der Waals surface area contributed by atoms with Gasteiger partial charge < -0.3 is 26.0 Å². The average Bonchev–Trinajstić information content (AvgIpc) is 3.01. The van der Waals surface area contributed by atoms with E-state index in [1.165, 1.54) is 25.3 Å². The maximum absolute atomic E-state index is 13.9. The minimum Gasteiger partial charge on any atom is -0.467 e. The zero-order chi connectivity index (χ0) is 33.6. The first-order chi connectivity index (χ1) is 21.9. The molecule has 0 bridgehead atoms. The lowest BCUT2D eigenvalue weighted by Crippen LogP contribution is -2.53. The molecule has 10 nitrogen and oxygen atoms in total. The van der Waals surface area contributed by atoms with Gasteiger partial charge in [0.15, 0.2) is 5.78 Å². The highest BCUT2D eigenvalue weighted by Crippen LogP contribution is 2.19. The number of benzene rings is 2. The smallest absolute Gasteiger partial charge is 0.328 e. The number of hydrogen-bond donors (Lipinski definition) is 4. The topological polar surface area (TPSA) is 143 Å². The molecule has 4 N–H and O–H groups in total. The number of Topliss-reactive ketones (excluding diaryl/α,β-unsaturated/α-hetero) is 1. The molecule has 0 saturated carbocycles. The SMILES string of the molecule is COC(=O)[C@@H](NC(=O)N[C@@H](Cc1ccc(Cl)cc1)C(=O)CC1CCCCNC(=O)/C=C/[C@H](Cc2cccc(F)c2)NC1=O)C(C)C. The summed E-state index contributed by atoms with van der Waals surface area (Å²) in [6.45, 7) is 3.91. The molecule has 3 rings (SSSR count). The van der Waals surface area contributed by atoms with Crippen molar-refractivity contribution >= 4 is 41.2 Å². The Hall–Kier alpha value is -4.25. The van der Waals surface area contributed by atoms with Crippen LogP contribution in [0.15, 0.2) is 60.7 Å². The molecule has 0 aromatic heterocycles. The molecule has 0 radical (unpaired) electrons. The lowest BCUT2D eigenvalue weighted by atomic mass is 9.90. The fraction of sp³-hybridized carbons (Fsp3) is 0.441. The first-order valence-corrected chi connectivity index (χ1v) is 15.8. The van der Waals surface area contributed by atoms with Crippen LogP contribution in [-0.4, -0.2) is 61.4 Å². The molecule has 0 saturated heterocycles. The van der Waals surface area contributed by atoms with Crippen molar-refractivity contribution in [1.82, 2.24) is 21.3 Å². The molecule has 0 aliphatic carbocycles. The second-order valence-corrected chi connectivity index (χ2v) is 12.1. The first-order valence-electron chi connectivity index (χ1n) is 15.4. The van der Waals surface area contributed by atoms with Gasteiger partial charge in [0.1, 0.15) is 11.9 Å². The Balaban J connectivity index is 1.82. The highest BCUT2D eigenvalue weighted by molar-refractivity contribution is 6.30. The maximum Gasteiger partial charge on any atom is 0.328 e. The number of rotatable bonds is 11. The number of ether oxygens (including phenoxy) is 1. The van der Waals surface area contributed by atoms with Crippen molar-refractivity contribution < 1.29 is 33.1 Å². The Labute approximate surface area is 273 Å². The number of urea groups is 1. The van der Waals surface area contributed by atoms with Gasteiger partial charge in [-0.2, -0.15) is 0 Å². The second kappa shape index (κ2) is 18.0. The molecule has 0 spiro atoms. The van der Waals surface area contributed by atoms with E-state index in [1.807, 2.05) is 0 Å². The highest BCUT2D eigenvalue weighted by atomic mass is 35.5. The van der Waals surface area contributed by atoms with Crippen molar-refractivity contribution in [3.63, 3.8) is 0 Å². The van der Waals surface area contributed by atoms with Crippen molar-refractivity contribution in [2.45, 2.75) is 70.5 Å². The summed E-state index contributed by atoms with van der Waals surface area (Å²) in [5.41, 5.74) is 1.36. The molecule has 46 heavy (non-hydrogen) atoms. The Morgan fingerprint density at radius 2 is 1.78 bits per heavy atom. The van der Waals surface area contributed by atoms with Crippen molar-refractivity contribution in [3.05, 3.63) is 82.6 Å². The molecule has 1 heterocycles. The van der Waals surface area contributed by atoms with Crippen LogP contribution in [0.1, 0.15) is 50.7 Å². The molecule has 1 unspecified atom stereocenters. The van der Waals surface area contributed by atoms with Gasteiger partial charge in [-0.25, -0.2) is 14.0 Å². The number of methoxy groups -OCH3 is 1. The largest absolute Gasteiger partial charge is 0.467 e. The molecule has 2 aromatic carbocycles. The van der Waals surface area contributed by atoms with Crippen molar-refractivity contribution in [2.24, 2.45) is 11.8 Å². The summed E-state index contributed by atoms with van der Waals surface area (Å²) in [6.07, 6.45) is 4.61. The molecular formula is C34H42ClFN4O6. The predicted molar refractivity (Wildman–Crippen MR) is 172 cm³/mol. The predicted octanol–water partition coefficient (Wildman–Crippen LogP) is 4.05. The third kappa shape index (κ3) is 11.9. The van der Waals surface area contributed by atoms with Crippen LogP contribution in [0.25, 0.3) is 0 Å². The summed E-state index contributed by atoms with van der Waals surface area (Å²) >= 11 is 6.04. The molecule has 2 aromatic rings. The second-order valence-electron chi connectivity index (χ2n) is 11.7. The normalized spacial score (nSPS) is 19.3. The van der Waals surface area contributed by atoms with E-state index in [0.29, 0.717) is 36.4 Å². The van der Waals surface area contributed by atoms with Gasteiger partial charge in [-0.15, -0.1) is 0 Å². The third-order valence-electron chi connectivity index (χ3n) is 7.70. The van der Waals surface area contributed by atoms with E-state index in [4.69, 9.17) is 16.3 Å². The van der Waals surface area contributed by atoms with Gasteiger partial charge in [0.2, 0.25) is 11.8 Å². The van der Waals surface area contributed by atoms with Crippen LogP contribution in [0.4, 0.5) is 9.18 Å². The van der Waals surface area contributed by atoms with Gasteiger partial charge in [-0.1, -0.05) is 62.2 Å². The summed E-state index contributed by atoms with van der Waals surface area (Å²) in [4.78, 5) is 65.0. The van der Waals surface area contributed by atoms with Gasteiger partial charge in [-0.05, 0) is 67.0 Å². The van der Waals surface area contributed by atoms with Gasteiger partial charge in [-0.3, -0.25) is 14.4 Å². The number of esters is 1. The van der Waals surface area contributed by atoms with Crippen LogP contribution in [-0.2, 0) is 36.8 Å². The monoisotopic (exact) mass is 656 g/mol. The summed E-state index contributed by atoms with van der Waals surface area (Å²) in [7, 11) is 1.23. The van der Waals surface area contributed by atoms with Crippen LogP contribution < -0.4 is 21.3 Å². The number of carbonyl (C=O) groups is 5. The number of hydrogen-bond acceptors (Lipinski definition) is 6. The fourth-order valence-electron chi connectivity index (χ4n) is 5.15. The summed E-state index contributed by atoms with van der Waals surface area (Å²) < 4.78 is 18.7. The molecule has 1 aliphatic heterocycles. The van der Waals surface area contributed by atoms with Gasteiger partial charge in [0, 0.05) is 30.0 Å². The van der Waals surface area contributed by atoms with Crippen LogP contribution in [0, 0.1) is 17.7 Å². The standard InChI is InChI=1S/C34H42ClFN4O6/c1-21(2)31(33(44)46-3)40-34(45)39-28(19-22-10-12-25(35)13-11-22)29(41)20-24-8-4-5-16-37-30(42)15-14-27(38-32(24)43)18-23-7-6-9-26(36)17-23/h6-7,9-15,17,21,24,27-28,31H,4-5,8,16,18-20H2,1-3H3,(H,37,42)(H,38,43)(H2,39,40,45)/b15-14+/t24?,27-,28+,31+/m1/s1. The van der Waals surface area contributed by atoms with Crippen molar-refractivity contribution in [3.8, 4) is 0 Å². The van der Waals surface area contributed by atoms with Gasteiger partial charge >= 0.3 is 12.0 Å². The van der Waals surface area contributed by atoms with E-state index in [0.717, 1.165) is 5.56 Å². The van der Waals surface area contributed by atoms with Crippen LogP contribution in [0.5, 0.6) is 0 Å². The van der Waals surface area contributed by atoms with Crippen LogP contribution in [0.3, 0.4) is 0 Å². The quantitative estimate of drug-likeness (QED) is 0.269. The average molecular weight is 657 g/mol. The highest BCUT2D eigenvalue weighted by Gasteiger charge is 2.31. The summed E-state index contributed by atoms with van der Waals surface area (Å²) in [5, 5.41) is 11.5. The van der Waals surface area contributed by atoms with Gasteiger partial charge in [0.25, 0.3) is 0 Å². The summed E-state index contributed by atoms with van der Waals surface area (Å²) in [5.74, 6) is -3.11. The number of ketones is 1. The molecule has 4 amide bonds. The van der Waals surface area contributed by atoms with Gasteiger partial charge in [0.05, 0.1) is 19.2 Å². The van der Waals surface area contributed by atoms with Crippen molar-refractivity contribution in [1.29, 1.82) is 0 Å². The third-order valence-corrected chi connectivity index (χ3v) is 7.96. The summed E-state index contributed by atoms with van der Waals surface area (Å²) in [6, 6.07) is 9.49. The number of amides is 4. The minimum atomic E-state index is -1.02. The van der Waals surface area contributed by atoms with E-state index in [1.54, 1.807) is 56.3 Å². The lowest BCUT2D eigenvalue weighted by molar-refractivity contribution is -0.144. The molecular weight excluding hydrogens is 615 g/mol. The van der Waals surface area contributed by atoms with Crippen LogP contribution in [0.2, 0.25) is 5.02 Å². The van der Waals surface area contributed by atoms with E-state index in [-0.39, 0.29) is 42.8 Å². The van der Waals surface area contributed by atoms with E-state index < -0.39 is 41.9 Å². The Morgan fingerprint density at radius 1 is 1.04 bits per heavy atom. The number of halogens is 2. The Morgan fingerprint density at radius 3 is 2.46 bits per heavy atom. The number of carbonyl (C=O) groups excluding carboxylic acids is 5. The molecule has 4 atom stereocenters. The Kier molecular flexibility index (Phi) is 14.2. The number of nitrogens with one attached hydrogen (secondary N) is 4. The van der Waals surface area contributed by atoms with E-state index in [2.05, 4.69) is 21.3 Å².